The number of carbonyl (C=O) groups excluding carboxylic acids is 3. The van der Waals surface area contributed by atoms with Crippen LogP contribution in [0.2, 0.25) is 10.0 Å². The minimum Gasteiger partial charge on any atom is -0.456 e. The first kappa shape index (κ1) is 26.1. The minimum atomic E-state index is -1.19. The highest BCUT2D eigenvalue weighted by atomic mass is 35.5. The molecule has 1 saturated heterocycles. The van der Waals surface area contributed by atoms with E-state index in [1.54, 1.807) is 23.6 Å². The molecule has 1 aliphatic rings. The van der Waals surface area contributed by atoms with Gasteiger partial charge < -0.3 is 18.9 Å². The quantitative estimate of drug-likeness (QED) is 0.257. The molecular formula is C26H23Cl2N3O7. The predicted octanol–water partition coefficient (Wildman–Crippen LogP) is 4.76. The lowest BCUT2D eigenvalue weighted by molar-refractivity contribution is -0.258. The van der Waals surface area contributed by atoms with Gasteiger partial charge in [-0.2, -0.15) is 0 Å². The van der Waals surface area contributed by atoms with Crippen molar-refractivity contribution in [2.24, 2.45) is 0 Å². The summed E-state index contributed by atoms with van der Waals surface area (Å²) in [7, 11) is 0. The van der Waals surface area contributed by atoms with Gasteiger partial charge in [-0.15, -0.1) is 0 Å². The second kappa shape index (κ2) is 10.0. The van der Waals surface area contributed by atoms with E-state index in [1.165, 1.54) is 20.8 Å². The molecule has 198 valence electrons. The highest BCUT2D eigenvalue weighted by Gasteiger charge is 2.51. The van der Waals surface area contributed by atoms with Crippen LogP contribution in [0.3, 0.4) is 0 Å². The first-order valence-electron chi connectivity index (χ1n) is 11.8. The zero-order chi connectivity index (χ0) is 27.3. The number of esters is 3. The number of benzene rings is 2. The van der Waals surface area contributed by atoms with E-state index in [4.69, 9.17) is 52.1 Å². The maximum absolute atomic E-state index is 12.2. The average molecular weight is 560 g/mol. The molecule has 0 bridgehead atoms. The molecule has 5 atom stereocenters. The lowest BCUT2D eigenvalue weighted by Crippen LogP contribution is -2.58. The number of nitrogens with zero attached hydrogens (tertiary/aromatic N) is 3. The standard InChI is InChI=1S/C26H23Cl2N3O7/c1-11-22(36-12(2)32)23(37-13(3)33)24(38-14(4)34)26(35-11)31-20-8-6-5-7-15(20)21-25(31)30-19-10-17(28)16(27)9-18(19)29-21/h5-11,22-24,26H,1-4H3/t11-,22-,23+,24+,26-/m0/s1. The molecule has 0 amide bonds. The van der Waals surface area contributed by atoms with Crippen LogP contribution in [-0.4, -0.2) is 56.9 Å². The Bertz CT molecular complexity index is 1600. The first-order chi connectivity index (χ1) is 18.0. The van der Waals surface area contributed by atoms with E-state index in [1.807, 2.05) is 24.3 Å². The molecule has 4 aromatic rings. The number of para-hydroxylation sites is 1. The van der Waals surface area contributed by atoms with Gasteiger partial charge in [0, 0.05) is 26.2 Å². The zero-order valence-electron chi connectivity index (χ0n) is 20.8. The van der Waals surface area contributed by atoms with Crippen LogP contribution in [0.25, 0.3) is 33.1 Å². The summed E-state index contributed by atoms with van der Waals surface area (Å²) in [6, 6.07) is 10.7. The summed E-state index contributed by atoms with van der Waals surface area (Å²) < 4.78 is 24.8. The number of hydrogen-bond donors (Lipinski definition) is 0. The maximum Gasteiger partial charge on any atom is 0.303 e. The Morgan fingerprint density at radius 2 is 1.39 bits per heavy atom. The Labute approximate surface area is 226 Å². The van der Waals surface area contributed by atoms with Gasteiger partial charge in [-0.3, -0.25) is 19.0 Å². The van der Waals surface area contributed by atoms with Gasteiger partial charge in [0.05, 0.1) is 32.7 Å². The van der Waals surface area contributed by atoms with Crippen molar-refractivity contribution in [2.45, 2.75) is 58.3 Å². The fraction of sp³-hybridized carbons (Fsp3) is 0.346. The van der Waals surface area contributed by atoms with Gasteiger partial charge in [0.2, 0.25) is 0 Å². The SMILES string of the molecule is CC(=O)O[C@@H]1[C@@H](OC(C)=O)[C@H](C)O[C@H](n2c3ccccc3c3nc4cc(Cl)c(Cl)cc4nc32)[C@@H]1OC(C)=O. The Kier molecular flexibility index (Phi) is 6.89. The fourth-order valence-corrected chi connectivity index (χ4v) is 5.16. The normalized spacial score (nSPS) is 23.5. The van der Waals surface area contributed by atoms with E-state index in [2.05, 4.69) is 0 Å². The molecule has 1 aliphatic heterocycles. The van der Waals surface area contributed by atoms with Crippen molar-refractivity contribution in [3.63, 3.8) is 0 Å². The summed E-state index contributed by atoms with van der Waals surface area (Å²) in [4.78, 5) is 45.9. The van der Waals surface area contributed by atoms with Crippen molar-refractivity contribution >= 4 is 74.2 Å². The summed E-state index contributed by atoms with van der Waals surface area (Å²) in [6.45, 7) is 5.36. The van der Waals surface area contributed by atoms with Crippen LogP contribution in [0.4, 0.5) is 0 Å². The van der Waals surface area contributed by atoms with Crippen LogP contribution in [0.5, 0.6) is 0 Å². The predicted molar refractivity (Wildman–Crippen MR) is 139 cm³/mol. The topological polar surface area (TPSA) is 119 Å². The molecule has 2 aromatic carbocycles. The van der Waals surface area contributed by atoms with Crippen LogP contribution in [0, 0.1) is 0 Å². The van der Waals surface area contributed by atoms with Crippen LogP contribution in [0.1, 0.15) is 33.9 Å². The van der Waals surface area contributed by atoms with Crippen LogP contribution in [-0.2, 0) is 33.3 Å². The number of fused-ring (bicyclic) bond motifs is 4. The van der Waals surface area contributed by atoms with Gasteiger partial charge in [-0.05, 0) is 25.1 Å². The molecule has 0 N–H and O–H groups in total. The van der Waals surface area contributed by atoms with E-state index < -0.39 is 48.6 Å². The second-order valence-corrected chi connectivity index (χ2v) is 9.81. The van der Waals surface area contributed by atoms with E-state index in [0.717, 1.165) is 5.39 Å². The number of aromatic nitrogens is 3. The highest BCUT2D eigenvalue weighted by molar-refractivity contribution is 6.42. The van der Waals surface area contributed by atoms with Gasteiger partial charge in [0.1, 0.15) is 5.52 Å². The van der Waals surface area contributed by atoms with Crippen LogP contribution >= 0.6 is 23.2 Å². The molecule has 3 heterocycles. The average Bonchev–Trinajstić information content (AvgIpc) is 3.15. The molecule has 2 aromatic heterocycles. The smallest absolute Gasteiger partial charge is 0.303 e. The van der Waals surface area contributed by atoms with Gasteiger partial charge in [-0.1, -0.05) is 41.4 Å². The molecular weight excluding hydrogens is 537 g/mol. The molecule has 0 radical (unpaired) electrons. The Balaban J connectivity index is 1.77. The van der Waals surface area contributed by atoms with Crippen LogP contribution in [0.15, 0.2) is 36.4 Å². The lowest BCUT2D eigenvalue weighted by atomic mass is 9.97. The van der Waals surface area contributed by atoms with E-state index in [-0.39, 0.29) is 0 Å². The summed E-state index contributed by atoms with van der Waals surface area (Å²) in [6.07, 6.45) is -5.16. The second-order valence-electron chi connectivity index (χ2n) is 8.99. The van der Waals surface area contributed by atoms with Crippen molar-refractivity contribution in [2.75, 3.05) is 0 Å². The summed E-state index contributed by atoms with van der Waals surface area (Å²) in [5.74, 6) is -1.89. The Hall–Kier alpha value is -3.47. The van der Waals surface area contributed by atoms with Crippen molar-refractivity contribution in [1.29, 1.82) is 0 Å². The largest absolute Gasteiger partial charge is 0.456 e. The van der Waals surface area contributed by atoms with E-state index >= 15 is 0 Å². The molecule has 12 heteroatoms. The third-order valence-corrected chi connectivity index (χ3v) is 6.96. The summed E-state index contributed by atoms with van der Waals surface area (Å²) >= 11 is 12.5. The number of halogens is 2. The Morgan fingerprint density at radius 1 is 0.842 bits per heavy atom. The van der Waals surface area contributed by atoms with Crippen LogP contribution < -0.4 is 0 Å². The molecule has 5 rings (SSSR count). The zero-order valence-corrected chi connectivity index (χ0v) is 22.3. The first-order valence-corrected chi connectivity index (χ1v) is 12.5. The number of ether oxygens (including phenoxy) is 4. The number of hydrogen-bond acceptors (Lipinski definition) is 9. The van der Waals surface area contributed by atoms with E-state index in [0.29, 0.717) is 37.8 Å². The maximum atomic E-state index is 12.2. The van der Waals surface area contributed by atoms with Gasteiger partial charge >= 0.3 is 17.9 Å². The molecule has 0 aliphatic carbocycles. The third-order valence-electron chi connectivity index (χ3n) is 6.24. The molecule has 0 saturated carbocycles. The van der Waals surface area contributed by atoms with Gasteiger partial charge in [0.15, 0.2) is 30.2 Å². The molecule has 0 spiro atoms. The minimum absolute atomic E-state index is 0.315. The third kappa shape index (κ3) is 4.63. The molecule has 1 fully saturated rings. The molecule has 0 unspecified atom stereocenters. The Morgan fingerprint density at radius 3 is 2.03 bits per heavy atom. The van der Waals surface area contributed by atoms with Crippen molar-refractivity contribution in [1.82, 2.24) is 14.5 Å². The van der Waals surface area contributed by atoms with Gasteiger partial charge in [0.25, 0.3) is 0 Å². The lowest BCUT2D eigenvalue weighted by Gasteiger charge is -2.44. The molecule has 10 nitrogen and oxygen atoms in total. The van der Waals surface area contributed by atoms with Crippen molar-refractivity contribution in [3.8, 4) is 0 Å². The number of rotatable bonds is 4. The molecule has 38 heavy (non-hydrogen) atoms. The number of carbonyl (C=O) groups is 3. The summed E-state index contributed by atoms with van der Waals surface area (Å²) in [5, 5.41) is 1.42. The highest BCUT2D eigenvalue weighted by Crippen LogP contribution is 2.40. The fourth-order valence-electron chi connectivity index (χ4n) is 4.84. The van der Waals surface area contributed by atoms with Crippen molar-refractivity contribution < 1.29 is 33.3 Å². The monoisotopic (exact) mass is 559 g/mol. The van der Waals surface area contributed by atoms with E-state index in [9.17, 15) is 14.4 Å². The summed E-state index contributed by atoms with van der Waals surface area (Å²) in [5.41, 5.74) is 2.67. The van der Waals surface area contributed by atoms with Crippen molar-refractivity contribution in [3.05, 3.63) is 46.4 Å². The van der Waals surface area contributed by atoms with Gasteiger partial charge in [-0.25, -0.2) is 9.97 Å².